The first kappa shape index (κ1) is 8.02. The molecule has 0 atom stereocenters. The Labute approximate surface area is 77.5 Å². The maximum Gasteiger partial charge on any atom is 0.133 e. The second-order valence-corrected chi connectivity index (χ2v) is 3.58. The van der Waals surface area contributed by atoms with Crippen molar-refractivity contribution in [1.29, 1.82) is 5.26 Å². The molecule has 0 spiro atoms. The zero-order valence-corrected chi connectivity index (χ0v) is 7.23. The summed E-state index contributed by atoms with van der Waals surface area (Å²) in [5, 5.41) is 18.2. The van der Waals surface area contributed by atoms with Crippen LogP contribution in [-0.4, -0.2) is 5.11 Å². The van der Waals surface area contributed by atoms with Crippen LogP contribution in [0.3, 0.4) is 0 Å². The van der Waals surface area contributed by atoms with E-state index in [9.17, 15) is 9.50 Å². The van der Waals surface area contributed by atoms with Crippen LogP contribution in [-0.2, 0) is 0 Å². The Kier molecular flexibility index (Phi) is 1.67. The van der Waals surface area contributed by atoms with Gasteiger partial charge in [0, 0.05) is 5.39 Å². The minimum atomic E-state index is -0.412. The quantitative estimate of drug-likeness (QED) is 0.698. The average Bonchev–Trinajstić information content (AvgIpc) is 2.56. The molecule has 0 aliphatic carbocycles. The van der Waals surface area contributed by atoms with Gasteiger partial charge in [-0.15, -0.1) is 11.3 Å². The number of rotatable bonds is 0. The van der Waals surface area contributed by atoms with E-state index in [4.69, 9.17) is 5.26 Å². The zero-order valence-electron chi connectivity index (χ0n) is 6.41. The molecule has 1 heterocycles. The van der Waals surface area contributed by atoms with Crippen molar-refractivity contribution >= 4 is 21.4 Å². The van der Waals surface area contributed by atoms with Crippen LogP contribution in [0.1, 0.15) is 4.88 Å². The molecule has 0 saturated carbocycles. The number of phenolic OH excluding ortho intramolecular Hbond substituents is 1. The molecule has 0 aliphatic rings. The second-order valence-electron chi connectivity index (χ2n) is 2.53. The lowest BCUT2D eigenvalue weighted by Crippen LogP contribution is -1.73. The number of benzene rings is 1. The van der Waals surface area contributed by atoms with Crippen LogP contribution in [0.15, 0.2) is 18.2 Å². The molecule has 2 rings (SSSR count). The third kappa shape index (κ3) is 1.14. The summed E-state index contributed by atoms with van der Waals surface area (Å²) < 4.78 is 13.5. The fraction of sp³-hybridized carbons (Fsp3) is 0. The maximum absolute atomic E-state index is 13.1. The summed E-state index contributed by atoms with van der Waals surface area (Å²) in [6.07, 6.45) is 0. The van der Waals surface area contributed by atoms with Gasteiger partial charge in [0.2, 0.25) is 0 Å². The normalized spacial score (nSPS) is 10.2. The van der Waals surface area contributed by atoms with Gasteiger partial charge in [0.1, 0.15) is 22.5 Å². The molecule has 4 heteroatoms. The van der Waals surface area contributed by atoms with E-state index in [-0.39, 0.29) is 5.75 Å². The van der Waals surface area contributed by atoms with Gasteiger partial charge in [-0.25, -0.2) is 4.39 Å². The number of phenols is 1. The molecule has 1 aromatic carbocycles. The lowest BCUT2D eigenvalue weighted by Gasteiger charge is -1.93. The highest BCUT2D eigenvalue weighted by atomic mass is 32.1. The van der Waals surface area contributed by atoms with Gasteiger partial charge in [-0.1, -0.05) is 0 Å². The summed E-state index contributed by atoms with van der Waals surface area (Å²) in [7, 11) is 0. The van der Waals surface area contributed by atoms with E-state index in [1.165, 1.54) is 18.2 Å². The molecule has 0 radical (unpaired) electrons. The van der Waals surface area contributed by atoms with Gasteiger partial charge in [-0.3, -0.25) is 0 Å². The van der Waals surface area contributed by atoms with E-state index in [1.807, 2.05) is 6.07 Å². The number of fused-ring (bicyclic) bond motifs is 1. The van der Waals surface area contributed by atoms with Crippen molar-refractivity contribution in [2.75, 3.05) is 0 Å². The number of halogens is 1. The topological polar surface area (TPSA) is 44.0 Å². The van der Waals surface area contributed by atoms with Crippen molar-refractivity contribution in [2.45, 2.75) is 0 Å². The van der Waals surface area contributed by atoms with E-state index in [0.29, 0.717) is 15.0 Å². The molecule has 0 amide bonds. The second kappa shape index (κ2) is 2.71. The van der Waals surface area contributed by atoms with Crippen LogP contribution in [0.5, 0.6) is 5.75 Å². The van der Waals surface area contributed by atoms with Crippen LogP contribution in [0, 0.1) is 17.1 Å². The SMILES string of the molecule is N#Cc1cc2c(F)ccc(O)c2s1. The Morgan fingerprint density at radius 2 is 2.23 bits per heavy atom. The summed E-state index contributed by atoms with van der Waals surface area (Å²) in [5.41, 5.74) is 0. The molecule has 1 N–H and O–H groups in total. The molecule has 64 valence electrons. The third-order valence-corrected chi connectivity index (χ3v) is 2.78. The smallest absolute Gasteiger partial charge is 0.133 e. The Morgan fingerprint density at radius 1 is 1.46 bits per heavy atom. The number of hydrogen-bond acceptors (Lipinski definition) is 3. The number of nitriles is 1. The van der Waals surface area contributed by atoms with Crippen LogP contribution >= 0.6 is 11.3 Å². The minimum absolute atomic E-state index is 0.0166. The fourth-order valence-electron chi connectivity index (χ4n) is 1.13. The van der Waals surface area contributed by atoms with Crippen LogP contribution in [0.25, 0.3) is 10.1 Å². The summed E-state index contributed by atoms with van der Waals surface area (Å²) in [6.45, 7) is 0. The van der Waals surface area contributed by atoms with Crippen molar-refractivity contribution in [2.24, 2.45) is 0 Å². The Morgan fingerprint density at radius 3 is 2.85 bits per heavy atom. The predicted molar refractivity (Wildman–Crippen MR) is 48.2 cm³/mol. The first-order valence-corrected chi connectivity index (χ1v) is 4.35. The summed E-state index contributed by atoms with van der Waals surface area (Å²) in [4.78, 5) is 0.399. The summed E-state index contributed by atoms with van der Waals surface area (Å²) in [5.74, 6) is -0.395. The highest BCUT2D eigenvalue weighted by Crippen LogP contribution is 2.33. The molecule has 0 aliphatic heterocycles. The van der Waals surface area contributed by atoms with E-state index in [1.54, 1.807) is 0 Å². The molecule has 0 unspecified atom stereocenters. The monoisotopic (exact) mass is 193 g/mol. The molecule has 2 nitrogen and oxygen atoms in total. The van der Waals surface area contributed by atoms with Gasteiger partial charge in [0.05, 0.1) is 4.70 Å². The molecular weight excluding hydrogens is 189 g/mol. The van der Waals surface area contributed by atoms with Gasteiger partial charge < -0.3 is 5.11 Å². The van der Waals surface area contributed by atoms with Crippen LogP contribution in [0.2, 0.25) is 0 Å². The zero-order chi connectivity index (χ0) is 9.42. The number of hydrogen-bond donors (Lipinski definition) is 1. The molecule has 0 bridgehead atoms. The lowest BCUT2D eigenvalue weighted by atomic mass is 10.2. The Bertz CT molecular complexity index is 473. The first-order valence-electron chi connectivity index (χ1n) is 3.53. The average molecular weight is 193 g/mol. The third-order valence-electron chi connectivity index (χ3n) is 1.72. The Balaban J connectivity index is 2.90. The first-order chi connectivity index (χ1) is 6.22. The van der Waals surface area contributed by atoms with Gasteiger partial charge in [0.15, 0.2) is 0 Å². The summed E-state index contributed by atoms with van der Waals surface area (Å²) >= 11 is 1.09. The van der Waals surface area contributed by atoms with Gasteiger partial charge in [-0.2, -0.15) is 5.26 Å². The van der Waals surface area contributed by atoms with Crippen molar-refractivity contribution in [3.05, 3.63) is 28.9 Å². The number of aromatic hydroxyl groups is 1. The highest BCUT2D eigenvalue weighted by molar-refractivity contribution is 7.19. The van der Waals surface area contributed by atoms with Gasteiger partial charge in [0.25, 0.3) is 0 Å². The van der Waals surface area contributed by atoms with Gasteiger partial charge in [-0.05, 0) is 18.2 Å². The molecule has 1 aromatic heterocycles. The number of nitrogens with zero attached hydrogens (tertiary/aromatic N) is 1. The standard InChI is InChI=1S/C9H4FNOS/c10-7-1-2-8(12)9-6(7)3-5(4-11)13-9/h1-3,12H. The van der Waals surface area contributed by atoms with Crippen LogP contribution < -0.4 is 0 Å². The number of thiophene rings is 1. The van der Waals surface area contributed by atoms with Crippen molar-refractivity contribution < 1.29 is 9.50 Å². The minimum Gasteiger partial charge on any atom is -0.506 e. The predicted octanol–water partition coefficient (Wildman–Crippen LogP) is 2.62. The van der Waals surface area contributed by atoms with E-state index < -0.39 is 5.82 Å². The Hall–Kier alpha value is -1.60. The largest absolute Gasteiger partial charge is 0.506 e. The molecule has 2 aromatic rings. The summed E-state index contributed by atoms with van der Waals surface area (Å²) in [6, 6.07) is 5.82. The fourth-order valence-corrected chi connectivity index (χ4v) is 2.01. The molecule has 13 heavy (non-hydrogen) atoms. The van der Waals surface area contributed by atoms with E-state index in [0.717, 1.165) is 11.3 Å². The van der Waals surface area contributed by atoms with Crippen molar-refractivity contribution in [1.82, 2.24) is 0 Å². The molecular formula is C9H4FNOS. The highest BCUT2D eigenvalue weighted by Gasteiger charge is 2.09. The van der Waals surface area contributed by atoms with Gasteiger partial charge >= 0.3 is 0 Å². The van der Waals surface area contributed by atoms with E-state index >= 15 is 0 Å². The maximum atomic E-state index is 13.1. The molecule has 0 fully saturated rings. The van der Waals surface area contributed by atoms with E-state index in [2.05, 4.69) is 0 Å². The van der Waals surface area contributed by atoms with Crippen molar-refractivity contribution in [3.63, 3.8) is 0 Å². The molecule has 0 saturated heterocycles. The van der Waals surface area contributed by atoms with Crippen LogP contribution in [0.4, 0.5) is 4.39 Å². The lowest BCUT2D eigenvalue weighted by molar-refractivity contribution is 0.481. The van der Waals surface area contributed by atoms with Crippen molar-refractivity contribution in [3.8, 4) is 11.8 Å².